The van der Waals surface area contributed by atoms with Gasteiger partial charge < -0.3 is 9.53 Å². The Balaban J connectivity index is 2.30. The summed E-state index contributed by atoms with van der Waals surface area (Å²) < 4.78 is 5.99. The second-order valence-corrected chi connectivity index (χ2v) is 7.58. The van der Waals surface area contributed by atoms with Crippen LogP contribution in [0.25, 0.3) is 0 Å². The quantitative estimate of drug-likeness (QED) is 0.703. The molecule has 0 spiro atoms. The van der Waals surface area contributed by atoms with Gasteiger partial charge in [-0.3, -0.25) is 0 Å². The number of Topliss-reactive ketones (excluding diaryl/α,β-unsaturated/α-hetero) is 1. The van der Waals surface area contributed by atoms with Crippen molar-refractivity contribution in [3.63, 3.8) is 0 Å². The van der Waals surface area contributed by atoms with Gasteiger partial charge in [0.1, 0.15) is 11.5 Å². The maximum Gasteiger partial charge on any atom is 0.130 e. The highest BCUT2D eigenvalue weighted by molar-refractivity contribution is 8.00. The molecule has 0 atom stereocenters. The van der Waals surface area contributed by atoms with Gasteiger partial charge in [-0.25, -0.2) is 0 Å². The first-order chi connectivity index (χ1) is 8.87. The molecule has 0 aliphatic heterocycles. The number of aryl methyl sites for hydroxylation is 1. The van der Waals surface area contributed by atoms with Gasteiger partial charge in [-0.2, -0.15) is 11.8 Å². The molecule has 0 saturated heterocycles. The van der Waals surface area contributed by atoms with Crippen LogP contribution in [-0.4, -0.2) is 22.9 Å². The molecule has 19 heavy (non-hydrogen) atoms. The molecule has 3 heteroatoms. The summed E-state index contributed by atoms with van der Waals surface area (Å²) in [6.45, 7) is 8.99. The summed E-state index contributed by atoms with van der Waals surface area (Å²) in [5.41, 5.74) is 1.19. The van der Waals surface area contributed by atoms with Gasteiger partial charge in [-0.15, -0.1) is 0 Å². The van der Waals surface area contributed by atoms with Crippen LogP contribution in [0.1, 0.15) is 39.7 Å². The molecule has 0 heterocycles. The van der Waals surface area contributed by atoms with Gasteiger partial charge >= 0.3 is 0 Å². The zero-order valence-corrected chi connectivity index (χ0v) is 13.2. The molecule has 106 valence electrons. The first-order valence-electron chi connectivity index (χ1n) is 6.72. The average molecular weight is 280 g/mol. The Morgan fingerprint density at radius 1 is 1.21 bits per heavy atom. The molecule has 1 rings (SSSR count). The zero-order valence-electron chi connectivity index (χ0n) is 12.4. The van der Waals surface area contributed by atoms with Gasteiger partial charge in [0, 0.05) is 16.9 Å². The molecule has 0 aliphatic carbocycles. The first kappa shape index (κ1) is 16.1. The SMILES string of the molecule is CC(=O)CCc1ccc(OCCSC(C)(C)C)cc1. The number of hydrogen-bond donors (Lipinski definition) is 0. The minimum Gasteiger partial charge on any atom is -0.493 e. The molecule has 0 saturated carbocycles. The standard InChI is InChI=1S/C16H24O2S/c1-13(17)5-6-14-7-9-15(10-8-14)18-11-12-19-16(2,3)4/h7-10H,5-6,11-12H2,1-4H3. The van der Waals surface area contributed by atoms with E-state index in [0.29, 0.717) is 11.2 Å². The van der Waals surface area contributed by atoms with Crippen molar-refractivity contribution in [3.8, 4) is 5.75 Å². The number of thioether (sulfide) groups is 1. The molecule has 0 aliphatic rings. The van der Waals surface area contributed by atoms with Gasteiger partial charge in [0.25, 0.3) is 0 Å². The summed E-state index contributed by atoms with van der Waals surface area (Å²) in [7, 11) is 0. The summed E-state index contributed by atoms with van der Waals surface area (Å²) in [6.07, 6.45) is 1.43. The summed E-state index contributed by atoms with van der Waals surface area (Å²) >= 11 is 1.90. The maximum atomic E-state index is 10.9. The molecule has 1 aromatic rings. The maximum absolute atomic E-state index is 10.9. The first-order valence-corrected chi connectivity index (χ1v) is 7.70. The minimum absolute atomic E-state index is 0.236. The van der Waals surface area contributed by atoms with Gasteiger partial charge in [0.2, 0.25) is 0 Å². The van der Waals surface area contributed by atoms with E-state index >= 15 is 0 Å². The van der Waals surface area contributed by atoms with Crippen LogP contribution in [0, 0.1) is 0 Å². The number of carbonyl (C=O) groups is 1. The van der Waals surface area contributed by atoms with Crippen molar-refractivity contribution in [2.24, 2.45) is 0 Å². The predicted molar refractivity (Wildman–Crippen MR) is 83.2 cm³/mol. The average Bonchev–Trinajstić information content (AvgIpc) is 2.32. The summed E-state index contributed by atoms with van der Waals surface area (Å²) in [5, 5.41) is 0. The molecule has 0 N–H and O–H groups in total. The Hall–Kier alpha value is -0.960. The highest BCUT2D eigenvalue weighted by Gasteiger charge is 2.09. The molecule has 0 fully saturated rings. The van der Waals surface area contributed by atoms with Crippen molar-refractivity contribution in [3.05, 3.63) is 29.8 Å². The lowest BCUT2D eigenvalue weighted by Gasteiger charge is -2.17. The van der Waals surface area contributed by atoms with Gasteiger partial charge in [-0.1, -0.05) is 32.9 Å². The van der Waals surface area contributed by atoms with E-state index in [0.717, 1.165) is 24.5 Å². The van der Waals surface area contributed by atoms with Gasteiger partial charge in [0.05, 0.1) is 6.61 Å². The van der Waals surface area contributed by atoms with E-state index in [2.05, 4.69) is 20.8 Å². The monoisotopic (exact) mass is 280 g/mol. The largest absolute Gasteiger partial charge is 0.493 e. The Kier molecular flexibility index (Phi) is 6.43. The van der Waals surface area contributed by atoms with Crippen molar-refractivity contribution >= 4 is 17.5 Å². The number of ketones is 1. The number of rotatable bonds is 7. The smallest absolute Gasteiger partial charge is 0.130 e. The van der Waals surface area contributed by atoms with Crippen LogP contribution in [0.5, 0.6) is 5.75 Å². The number of carbonyl (C=O) groups excluding carboxylic acids is 1. The van der Waals surface area contributed by atoms with E-state index in [9.17, 15) is 4.79 Å². The van der Waals surface area contributed by atoms with E-state index in [-0.39, 0.29) is 5.78 Å². The van der Waals surface area contributed by atoms with E-state index in [4.69, 9.17) is 4.74 Å². The molecular weight excluding hydrogens is 256 g/mol. The number of hydrogen-bond acceptors (Lipinski definition) is 3. The normalized spacial score (nSPS) is 11.4. The minimum atomic E-state index is 0.236. The van der Waals surface area contributed by atoms with Crippen molar-refractivity contribution in [1.29, 1.82) is 0 Å². The third kappa shape index (κ3) is 7.93. The van der Waals surface area contributed by atoms with Crippen molar-refractivity contribution < 1.29 is 9.53 Å². The molecule has 0 radical (unpaired) electrons. The molecule has 1 aromatic carbocycles. The van der Waals surface area contributed by atoms with Crippen molar-refractivity contribution in [2.75, 3.05) is 12.4 Å². The lowest BCUT2D eigenvalue weighted by atomic mass is 10.1. The molecule has 2 nitrogen and oxygen atoms in total. The van der Waals surface area contributed by atoms with Crippen LogP contribution in [0.4, 0.5) is 0 Å². The van der Waals surface area contributed by atoms with Crippen molar-refractivity contribution in [2.45, 2.75) is 45.3 Å². The van der Waals surface area contributed by atoms with Crippen LogP contribution in [-0.2, 0) is 11.2 Å². The van der Waals surface area contributed by atoms with Crippen LogP contribution in [0.2, 0.25) is 0 Å². The van der Waals surface area contributed by atoms with Gasteiger partial charge in [0.15, 0.2) is 0 Å². The van der Waals surface area contributed by atoms with Crippen LogP contribution < -0.4 is 4.74 Å². The Labute approximate surface area is 120 Å². The van der Waals surface area contributed by atoms with Crippen LogP contribution >= 0.6 is 11.8 Å². The second kappa shape index (κ2) is 7.59. The lowest BCUT2D eigenvalue weighted by Crippen LogP contribution is -2.11. The molecule has 0 aromatic heterocycles. The van der Waals surface area contributed by atoms with Crippen LogP contribution in [0.3, 0.4) is 0 Å². The predicted octanol–water partition coefficient (Wildman–Crippen LogP) is 4.12. The van der Waals surface area contributed by atoms with E-state index in [1.807, 2.05) is 36.0 Å². The summed E-state index contributed by atoms with van der Waals surface area (Å²) in [6, 6.07) is 8.04. The molecule has 0 amide bonds. The summed E-state index contributed by atoms with van der Waals surface area (Å²) in [4.78, 5) is 10.9. The molecule has 0 unspecified atom stereocenters. The Bertz CT molecular complexity index is 390. The fourth-order valence-corrected chi connectivity index (χ4v) is 2.36. The fraction of sp³-hybridized carbons (Fsp3) is 0.562. The molecule has 0 bridgehead atoms. The van der Waals surface area contributed by atoms with E-state index in [1.54, 1.807) is 6.92 Å². The number of ether oxygens (including phenoxy) is 1. The topological polar surface area (TPSA) is 26.3 Å². The van der Waals surface area contributed by atoms with Gasteiger partial charge in [-0.05, 0) is 31.0 Å². The highest BCUT2D eigenvalue weighted by Crippen LogP contribution is 2.23. The highest BCUT2D eigenvalue weighted by atomic mass is 32.2. The second-order valence-electron chi connectivity index (χ2n) is 5.66. The van der Waals surface area contributed by atoms with E-state index < -0.39 is 0 Å². The fourth-order valence-electron chi connectivity index (χ4n) is 1.58. The van der Waals surface area contributed by atoms with E-state index in [1.165, 1.54) is 5.56 Å². The lowest BCUT2D eigenvalue weighted by molar-refractivity contribution is -0.116. The summed E-state index contributed by atoms with van der Waals surface area (Å²) in [5.74, 6) is 2.14. The molecular formula is C16H24O2S. The zero-order chi connectivity index (χ0) is 14.3. The number of benzene rings is 1. The third-order valence-electron chi connectivity index (χ3n) is 2.58. The van der Waals surface area contributed by atoms with Crippen molar-refractivity contribution in [1.82, 2.24) is 0 Å². The Morgan fingerprint density at radius 3 is 2.37 bits per heavy atom. The Morgan fingerprint density at radius 2 is 1.84 bits per heavy atom. The third-order valence-corrected chi connectivity index (χ3v) is 3.81. The van der Waals surface area contributed by atoms with Crippen LogP contribution in [0.15, 0.2) is 24.3 Å².